The molecule has 2 N–H and O–H groups in total. The van der Waals surface area contributed by atoms with E-state index in [9.17, 15) is 0 Å². The van der Waals surface area contributed by atoms with Gasteiger partial charge in [0.1, 0.15) is 11.9 Å². The fourth-order valence-corrected chi connectivity index (χ4v) is 1.98. The maximum Gasteiger partial charge on any atom is 0.213 e. The molecule has 5 nitrogen and oxygen atoms in total. The van der Waals surface area contributed by atoms with Gasteiger partial charge in [-0.2, -0.15) is 0 Å². The largest absolute Gasteiger partial charge is 0.486 e. The van der Waals surface area contributed by atoms with E-state index >= 15 is 0 Å². The molecule has 1 aromatic heterocycles. The number of hydrogen-bond acceptors (Lipinski definition) is 6. The molecule has 6 heteroatoms. The van der Waals surface area contributed by atoms with Crippen LogP contribution < -0.4 is 15.2 Å². The summed E-state index contributed by atoms with van der Waals surface area (Å²) in [5.74, 6) is 1.27. The van der Waals surface area contributed by atoms with Crippen molar-refractivity contribution in [1.29, 1.82) is 0 Å². The topological polar surface area (TPSA) is 60.6 Å². The van der Waals surface area contributed by atoms with Crippen LogP contribution in [0.2, 0.25) is 0 Å². The van der Waals surface area contributed by atoms with E-state index in [1.807, 2.05) is 10.4 Å². The highest BCUT2D eigenvalue weighted by molar-refractivity contribution is 7.77. The first-order valence-corrected chi connectivity index (χ1v) is 5.45. The number of aromatic nitrogens is 1. The van der Waals surface area contributed by atoms with Crippen LogP contribution in [0.5, 0.6) is 11.6 Å². The Balaban J connectivity index is 1.98. The van der Waals surface area contributed by atoms with Gasteiger partial charge < -0.3 is 15.2 Å². The zero-order valence-corrected chi connectivity index (χ0v) is 9.93. The molecule has 1 aliphatic rings. The Morgan fingerprint density at radius 1 is 1.50 bits per heavy atom. The molecule has 0 aliphatic carbocycles. The van der Waals surface area contributed by atoms with Crippen molar-refractivity contribution >= 4 is 12.8 Å². The number of thiol groups is 1. The van der Waals surface area contributed by atoms with Crippen LogP contribution in [-0.2, 0) is 0 Å². The van der Waals surface area contributed by atoms with Crippen LogP contribution in [0.25, 0.3) is 0 Å². The lowest BCUT2D eigenvalue weighted by Gasteiger charge is -2.16. The predicted molar refractivity (Wildman–Crippen MR) is 63.7 cm³/mol. The average Bonchev–Trinajstić information content (AvgIpc) is 2.59. The highest BCUT2D eigenvalue weighted by atomic mass is 32.1. The second-order valence-corrected chi connectivity index (χ2v) is 4.29. The van der Waals surface area contributed by atoms with Crippen molar-refractivity contribution in [3.8, 4) is 11.6 Å². The van der Waals surface area contributed by atoms with E-state index < -0.39 is 0 Å². The van der Waals surface area contributed by atoms with Gasteiger partial charge in [0.05, 0.1) is 19.3 Å². The summed E-state index contributed by atoms with van der Waals surface area (Å²) in [5.41, 5.74) is 5.91. The van der Waals surface area contributed by atoms with E-state index in [1.54, 1.807) is 19.4 Å². The summed E-state index contributed by atoms with van der Waals surface area (Å²) in [6.07, 6.45) is 1.60. The Kier molecular flexibility index (Phi) is 3.52. The van der Waals surface area contributed by atoms with Crippen LogP contribution in [0.4, 0.5) is 0 Å². The van der Waals surface area contributed by atoms with Crippen molar-refractivity contribution in [2.75, 3.05) is 20.2 Å². The summed E-state index contributed by atoms with van der Waals surface area (Å²) in [6.45, 7) is 1.45. The molecule has 1 fully saturated rings. The van der Waals surface area contributed by atoms with Gasteiger partial charge in [0.25, 0.3) is 0 Å². The van der Waals surface area contributed by atoms with Crippen molar-refractivity contribution in [3.63, 3.8) is 0 Å². The minimum Gasteiger partial charge on any atom is -0.486 e. The normalized spacial score (nSPS) is 25.7. The third kappa shape index (κ3) is 2.58. The minimum atomic E-state index is -0.0345. The summed E-state index contributed by atoms with van der Waals surface area (Å²) in [6, 6.07) is 3.56. The van der Waals surface area contributed by atoms with E-state index in [0.29, 0.717) is 11.6 Å². The lowest BCUT2D eigenvalue weighted by Crippen LogP contribution is -2.37. The second-order valence-electron chi connectivity index (χ2n) is 3.73. The number of nitrogens with two attached hydrogens (primary N) is 1. The molecular formula is C10H15N3O2S. The number of pyridine rings is 1. The Hall–Kier alpha value is -0.980. The third-order valence-electron chi connectivity index (χ3n) is 2.50. The molecule has 16 heavy (non-hydrogen) atoms. The maximum atomic E-state index is 5.91. The third-order valence-corrected chi connectivity index (χ3v) is 2.82. The lowest BCUT2D eigenvalue weighted by atomic mass is 10.2. The van der Waals surface area contributed by atoms with Crippen LogP contribution >= 0.6 is 12.8 Å². The molecule has 2 atom stereocenters. The van der Waals surface area contributed by atoms with Gasteiger partial charge in [-0.15, -0.1) is 0 Å². The number of ether oxygens (including phenoxy) is 2. The number of rotatable bonds is 3. The number of hydrogen-bond donors (Lipinski definition) is 2. The Labute approximate surface area is 100 Å². The molecule has 1 aliphatic heterocycles. The van der Waals surface area contributed by atoms with E-state index in [2.05, 4.69) is 17.8 Å². The van der Waals surface area contributed by atoms with Crippen molar-refractivity contribution in [3.05, 3.63) is 18.3 Å². The average molecular weight is 241 g/mol. The second kappa shape index (κ2) is 4.90. The zero-order valence-electron chi connectivity index (χ0n) is 9.04. The van der Waals surface area contributed by atoms with Crippen LogP contribution in [0.3, 0.4) is 0 Å². The van der Waals surface area contributed by atoms with Crippen LogP contribution in [0, 0.1) is 0 Å². The van der Waals surface area contributed by atoms with Crippen LogP contribution in [0.15, 0.2) is 18.3 Å². The number of methoxy groups -OCH3 is 1. The van der Waals surface area contributed by atoms with Gasteiger partial charge in [0.15, 0.2) is 0 Å². The molecule has 0 spiro atoms. The van der Waals surface area contributed by atoms with Crippen LogP contribution in [-0.4, -0.2) is 41.6 Å². The quantitative estimate of drug-likeness (QED) is 0.747. The molecule has 2 rings (SSSR count). The monoisotopic (exact) mass is 241 g/mol. The molecule has 88 valence electrons. The summed E-state index contributed by atoms with van der Waals surface area (Å²) >= 11 is 4.25. The van der Waals surface area contributed by atoms with Crippen molar-refractivity contribution in [2.24, 2.45) is 5.73 Å². The highest BCUT2D eigenvalue weighted by Gasteiger charge is 2.30. The Morgan fingerprint density at radius 3 is 2.81 bits per heavy atom. The first-order chi connectivity index (χ1) is 7.69. The molecule has 0 bridgehead atoms. The molecule has 0 radical (unpaired) electrons. The first kappa shape index (κ1) is 11.5. The van der Waals surface area contributed by atoms with E-state index in [4.69, 9.17) is 15.2 Å². The summed E-state index contributed by atoms with van der Waals surface area (Å²) in [5, 5.41) is 0. The van der Waals surface area contributed by atoms with Gasteiger partial charge in [-0.05, 0) is 6.07 Å². The van der Waals surface area contributed by atoms with Gasteiger partial charge in [0, 0.05) is 19.2 Å². The zero-order chi connectivity index (χ0) is 11.5. The van der Waals surface area contributed by atoms with Crippen molar-refractivity contribution < 1.29 is 9.47 Å². The minimum absolute atomic E-state index is 0.0143. The van der Waals surface area contributed by atoms with Crippen molar-refractivity contribution in [2.45, 2.75) is 12.1 Å². The number of nitrogens with zero attached hydrogens (tertiary/aromatic N) is 2. The fraction of sp³-hybridized carbons (Fsp3) is 0.500. The molecular weight excluding hydrogens is 226 g/mol. The Bertz CT molecular complexity index is 346. The van der Waals surface area contributed by atoms with Gasteiger partial charge in [-0.1, -0.05) is 12.8 Å². The fourth-order valence-electron chi connectivity index (χ4n) is 1.64. The maximum absolute atomic E-state index is 5.91. The standard InChI is InChI=1S/C10H15N3O2S/c1-14-10-3-2-7(4-12-10)15-9-6-13(16)5-8(9)11/h2-4,8-9,16H,5-6,11H2,1H3. The highest BCUT2D eigenvalue weighted by Crippen LogP contribution is 2.19. The van der Waals surface area contributed by atoms with E-state index in [1.165, 1.54) is 0 Å². The van der Waals surface area contributed by atoms with Gasteiger partial charge in [-0.3, -0.25) is 0 Å². The predicted octanol–water partition coefficient (Wildman–Crippen LogP) is 0.325. The molecule has 0 saturated carbocycles. The van der Waals surface area contributed by atoms with Crippen molar-refractivity contribution in [1.82, 2.24) is 9.29 Å². The lowest BCUT2D eigenvalue weighted by molar-refractivity contribution is 0.200. The SMILES string of the molecule is COc1ccc(OC2CN(S)CC2N)cn1. The molecule has 2 heterocycles. The molecule has 2 unspecified atom stereocenters. The van der Waals surface area contributed by atoms with E-state index in [-0.39, 0.29) is 12.1 Å². The van der Waals surface area contributed by atoms with Gasteiger partial charge in [0.2, 0.25) is 5.88 Å². The Morgan fingerprint density at radius 2 is 2.31 bits per heavy atom. The molecule has 0 aromatic carbocycles. The summed E-state index contributed by atoms with van der Waals surface area (Å²) in [7, 11) is 1.58. The van der Waals surface area contributed by atoms with E-state index in [0.717, 1.165) is 13.1 Å². The van der Waals surface area contributed by atoms with Gasteiger partial charge in [-0.25, -0.2) is 9.29 Å². The smallest absolute Gasteiger partial charge is 0.213 e. The van der Waals surface area contributed by atoms with Crippen LogP contribution in [0.1, 0.15) is 0 Å². The first-order valence-electron chi connectivity index (χ1n) is 5.05. The summed E-state index contributed by atoms with van der Waals surface area (Å²) < 4.78 is 12.5. The summed E-state index contributed by atoms with van der Waals surface area (Å²) in [4.78, 5) is 4.06. The molecule has 1 saturated heterocycles. The molecule has 1 aromatic rings. The molecule has 0 amide bonds. The van der Waals surface area contributed by atoms with Gasteiger partial charge >= 0.3 is 0 Å².